The van der Waals surface area contributed by atoms with Gasteiger partial charge in [0.15, 0.2) is 21.2 Å². The minimum absolute atomic E-state index is 0.102. The molecule has 6 atom stereocenters. The Bertz CT molecular complexity index is 1340. The monoisotopic (exact) mass is 743 g/mol. The number of carbonyl (C=O) groups is 2. The average molecular weight is 743 g/mol. The highest BCUT2D eigenvalue weighted by molar-refractivity contribution is 14.1. The Morgan fingerprint density at radius 1 is 1.09 bits per heavy atom. The number of aromatic nitrogens is 4. The molecule has 6 N–H and O–H groups in total. The molecule has 17 nitrogen and oxygen atoms in total. The van der Waals surface area contributed by atoms with E-state index in [4.69, 9.17) is 29.2 Å². The number of halogens is 1. The first-order valence-electron chi connectivity index (χ1n) is 13.4. The number of nitrogens with two attached hydrogens (primary N) is 1. The Kier molecular flexibility index (Phi) is 11.4. The Morgan fingerprint density at radius 2 is 1.63 bits per heavy atom. The molecule has 242 valence electrons. The standard InChI is InChI=1S/C24H39IN7O10P/c1-10(2)40-19(34)12(5)30-43(37,31-13(6)20(35)41-11(3)4)39-9-14-16(33)24(7,36)21(42-14)32-17-15(27-22(32)25)18(38-8)29-23(26)28-17/h10-14,16,21,33,36H,9H2,1-8H3,(H2,26,28,29)(H2,30,31,37)/t12-,13-,14+,16+,21+,24+/m0/s1. The van der Waals surface area contributed by atoms with Crippen LogP contribution in [0.1, 0.15) is 54.7 Å². The zero-order chi connectivity index (χ0) is 32.4. The first-order chi connectivity index (χ1) is 19.9. The summed E-state index contributed by atoms with van der Waals surface area (Å²) in [6.45, 7) is 10.2. The predicted octanol–water partition coefficient (Wildman–Crippen LogP) is 1.02. The summed E-state index contributed by atoms with van der Waals surface area (Å²) in [5.41, 5.74) is 4.34. The number of esters is 2. The Balaban J connectivity index is 1.88. The number of hydrogen-bond acceptors (Lipinski definition) is 14. The van der Waals surface area contributed by atoms with E-state index in [1.165, 1.54) is 32.4 Å². The molecule has 1 aliphatic rings. The molecule has 3 heterocycles. The quantitative estimate of drug-likeness (QED) is 0.0834. The number of nitrogens with zero attached hydrogens (tertiary/aromatic N) is 4. The molecule has 1 aliphatic heterocycles. The van der Waals surface area contributed by atoms with Gasteiger partial charge < -0.3 is 39.4 Å². The van der Waals surface area contributed by atoms with Crippen LogP contribution in [-0.2, 0) is 32.9 Å². The van der Waals surface area contributed by atoms with Crippen LogP contribution in [-0.4, -0.2) is 97.5 Å². The summed E-state index contributed by atoms with van der Waals surface area (Å²) in [7, 11) is -2.85. The largest absolute Gasteiger partial charge is 0.479 e. The number of fused-ring (bicyclic) bond motifs is 1. The summed E-state index contributed by atoms with van der Waals surface area (Å²) in [5, 5.41) is 27.6. The number of methoxy groups -OCH3 is 1. The van der Waals surface area contributed by atoms with Crippen molar-refractivity contribution in [1.82, 2.24) is 29.7 Å². The first kappa shape index (κ1) is 35.3. The molecule has 0 amide bonds. The minimum Gasteiger partial charge on any atom is -0.479 e. The van der Waals surface area contributed by atoms with Crippen LogP contribution in [0.5, 0.6) is 5.88 Å². The smallest absolute Gasteiger partial charge is 0.342 e. The van der Waals surface area contributed by atoms with Gasteiger partial charge in [0.05, 0.1) is 25.9 Å². The van der Waals surface area contributed by atoms with Gasteiger partial charge in [-0.25, -0.2) is 15.2 Å². The molecule has 0 aromatic carbocycles. The number of ether oxygens (including phenoxy) is 4. The number of nitrogens with one attached hydrogen (secondary N) is 2. The number of carbonyl (C=O) groups excluding carboxylic acids is 2. The maximum Gasteiger partial charge on any atom is 0.342 e. The van der Waals surface area contributed by atoms with E-state index in [0.717, 1.165) is 0 Å². The van der Waals surface area contributed by atoms with Crippen molar-refractivity contribution in [3.63, 3.8) is 0 Å². The van der Waals surface area contributed by atoms with E-state index in [0.29, 0.717) is 3.83 Å². The molecule has 19 heteroatoms. The van der Waals surface area contributed by atoms with Crippen LogP contribution in [0.15, 0.2) is 0 Å². The van der Waals surface area contributed by atoms with Crippen LogP contribution in [0.25, 0.3) is 11.2 Å². The number of rotatable bonds is 13. The number of imidazole rings is 1. The van der Waals surface area contributed by atoms with Gasteiger partial charge in [0.1, 0.15) is 29.9 Å². The summed E-state index contributed by atoms with van der Waals surface area (Å²) in [4.78, 5) is 37.5. The number of nitrogen functional groups attached to an aromatic ring is 1. The van der Waals surface area contributed by atoms with Gasteiger partial charge in [0, 0.05) is 22.6 Å². The maximum atomic E-state index is 14.0. The topological polar surface area (TPSA) is 231 Å². The number of hydrogen-bond donors (Lipinski definition) is 5. The molecule has 3 rings (SSSR count). The van der Waals surface area contributed by atoms with Crippen molar-refractivity contribution in [3.05, 3.63) is 3.83 Å². The zero-order valence-corrected chi connectivity index (χ0v) is 28.2. The van der Waals surface area contributed by atoms with Gasteiger partial charge in [0.25, 0.3) is 0 Å². The molecule has 2 aromatic heterocycles. The summed E-state index contributed by atoms with van der Waals surface area (Å²) >= 11 is 1.90. The molecule has 1 fully saturated rings. The summed E-state index contributed by atoms with van der Waals surface area (Å²) < 4.78 is 43.0. The van der Waals surface area contributed by atoms with Crippen molar-refractivity contribution in [1.29, 1.82) is 0 Å². The molecule has 43 heavy (non-hydrogen) atoms. The van der Waals surface area contributed by atoms with Crippen molar-refractivity contribution in [2.45, 2.75) is 96.8 Å². The first-order valence-corrected chi connectivity index (χ1v) is 16.1. The van der Waals surface area contributed by atoms with Gasteiger partial charge in [-0.1, -0.05) is 0 Å². The highest BCUT2D eigenvalue weighted by Gasteiger charge is 2.54. The maximum absolute atomic E-state index is 14.0. The van der Waals surface area contributed by atoms with Crippen LogP contribution < -0.4 is 20.6 Å². The Morgan fingerprint density at radius 3 is 2.12 bits per heavy atom. The lowest BCUT2D eigenvalue weighted by molar-refractivity contribution is -0.149. The van der Waals surface area contributed by atoms with Crippen LogP contribution >= 0.6 is 30.3 Å². The van der Waals surface area contributed by atoms with Gasteiger partial charge >= 0.3 is 19.6 Å². The molecule has 0 unspecified atom stereocenters. The second kappa shape index (κ2) is 13.8. The third-order valence-corrected chi connectivity index (χ3v) is 8.95. The lowest BCUT2D eigenvalue weighted by atomic mass is 9.96. The molecular formula is C24H39IN7O10P. The van der Waals surface area contributed by atoms with Gasteiger partial charge in [-0.05, 0) is 48.5 Å². The predicted molar refractivity (Wildman–Crippen MR) is 161 cm³/mol. The zero-order valence-electron chi connectivity index (χ0n) is 25.1. The summed E-state index contributed by atoms with van der Waals surface area (Å²) in [5.74, 6) is -1.44. The van der Waals surface area contributed by atoms with Crippen molar-refractivity contribution in [2.75, 3.05) is 19.5 Å². The fourth-order valence-corrected chi connectivity index (χ4v) is 6.75. The summed E-state index contributed by atoms with van der Waals surface area (Å²) in [6.07, 6.45) is -4.94. The second-order valence-electron chi connectivity index (χ2n) is 10.7. The van der Waals surface area contributed by atoms with E-state index in [1.54, 1.807) is 27.7 Å². The van der Waals surface area contributed by atoms with Crippen molar-refractivity contribution < 1.29 is 47.8 Å². The van der Waals surface area contributed by atoms with E-state index < -0.39 is 74.5 Å². The molecule has 1 saturated heterocycles. The minimum atomic E-state index is -4.24. The van der Waals surface area contributed by atoms with Crippen LogP contribution in [0.2, 0.25) is 0 Å². The molecule has 0 spiro atoms. The normalized spacial score (nSPS) is 24.0. The van der Waals surface area contributed by atoms with E-state index in [9.17, 15) is 24.4 Å². The fourth-order valence-electron chi connectivity index (χ4n) is 4.22. The molecule has 0 aliphatic carbocycles. The van der Waals surface area contributed by atoms with E-state index in [2.05, 4.69) is 25.1 Å². The number of aliphatic hydroxyl groups is 2. The van der Waals surface area contributed by atoms with Crippen LogP contribution in [0.3, 0.4) is 0 Å². The molecule has 0 saturated carbocycles. The fraction of sp³-hybridized carbons (Fsp3) is 0.708. The second-order valence-corrected chi connectivity index (χ2v) is 13.6. The lowest BCUT2D eigenvalue weighted by Gasteiger charge is -2.28. The SMILES string of the molecule is COc1nc(N)nc2c1nc(I)n2[C@@H]1O[C@H](COP(=O)(N[C@@H](C)C(=O)OC(C)C)N[C@@H](C)C(=O)OC(C)C)[C@@H](O)[C@@]1(C)O. The molecule has 0 radical (unpaired) electrons. The van der Waals surface area contributed by atoms with Crippen LogP contribution in [0, 0.1) is 3.83 Å². The van der Waals surface area contributed by atoms with Gasteiger partial charge in [0.2, 0.25) is 11.8 Å². The number of anilines is 1. The third kappa shape index (κ3) is 8.10. The van der Waals surface area contributed by atoms with E-state index >= 15 is 0 Å². The highest BCUT2D eigenvalue weighted by atomic mass is 127. The van der Waals surface area contributed by atoms with E-state index in [1.807, 2.05) is 22.6 Å². The highest BCUT2D eigenvalue weighted by Crippen LogP contribution is 2.45. The average Bonchev–Trinajstić information content (AvgIpc) is 3.32. The lowest BCUT2D eigenvalue weighted by Crippen LogP contribution is -2.46. The number of aliphatic hydroxyl groups excluding tert-OH is 1. The van der Waals surface area contributed by atoms with Crippen molar-refractivity contribution >= 4 is 59.3 Å². The van der Waals surface area contributed by atoms with Gasteiger partial charge in [-0.15, -0.1) is 0 Å². The molecule has 0 bridgehead atoms. The summed E-state index contributed by atoms with van der Waals surface area (Å²) in [6, 6.07) is -2.25. The van der Waals surface area contributed by atoms with Crippen molar-refractivity contribution in [2.24, 2.45) is 0 Å². The van der Waals surface area contributed by atoms with Gasteiger partial charge in [-0.3, -0.25) is 18.7 Å². The third-order valence-electron chi connectivity index (χ3n) is 6.22. The van der Waals surface area contributed by atoms with Crippen LogP contribution in [0.4, 0.5) is 5.95 Å². The van der Waals surface area contributed by atoms with E-state index in [-0.39, 0.29) is 23.0 Å². The van der Waals surface area contributed by atoms with Gasteiger partial charge in [-0.2, -0.15) is 9.97 Å². The molecular weight excluding hydrogens is 704 g/mol. The Hall–Kier alpha value is -2.19. The Labute approximate surface area is 262 Å². The van der Waals surface area contributed by atoms with Crippen molar-refractivity contribution in [3.8, 4) is 5.88 Å². The molecule has 2 aromatic rings.